The van der Waals surface area contributed by atoms with E-state index in [2.05, 4.69) is 196 Å². The van der Waals surface area contributed by atoms with Gasteiger partial charge in [0.25, 0.3) is 0 Å². The van der Waals surface area contributed by atoms with Gasteiger partial charge in [0, 0.05) is 33.2 Å². The van der Waals surface area contributed by atoms with Gasteiger partial charge in [-0.25, -0.2) is 0 Å². The number of rotatable bonds is 6. The number of fused-ring (bicyclic) bond motifs is 6. The maximum Gasteiger partial charge on any atom is 0.136 e. The number of aryl methyl sites for hydroxylation is 1. The molecule has 8 aromatic carbocycles. The summed E-state index contributed by atoms with van der Waals surface area (Å²) in [5, 5.41) is 2.29. The van der Waals surface area contributed by atoms with Gasteiger partial charge in [0.1, 0.15) is 11.2 Å². The van der Waals surface area contributed by atoms with E-state index in [1.54, 1.807) is 0 Å². The van der Waals surface area contributed by atoms with Gasteiger partial charge in [0.05, 0.1) is 0 Å². The van der Waals surface area contributed by atoms with Crippen molar-refractivity contribution in [2.45, 2.75) is 26.2 Å². The smallest absolute Gasteiger partial charge is 0.136 e. The van der Waals surface area contributed by atoms with Crippen molar-refractivity contribution in [2.75, 3.05) is 4.90 Å². The lowest BCUT2D eigenvalue weighted by molar-refractivity contribution is 0.660. The third-order valence-corrected chi connectivity index (χ3v) is 11.4. The molecule has 54 heavy (non-hydrogen) atoms. The third kappa shape index (κ3) is 5.33. The fraction of sp³-hybridized carbons (Fsp3) is 0.0769. The number of hydrogen-bond donors (Lipinski definition) is 0. The standard InChI is InChI=1S/C52H39NO/c1-34-12-14-35(15-13-34)36-16-18-37(19-17-36)38-20-25-41(26-21-38)53(43-29-31-45-44-8-4-6-10-48(44)52(2,3)49(45)33-43)42-27-22-39(23-28-42)40-24-30-47-46-9-5-7-11-50(46)54-51(47)32-40/h4-33H,1-3H3. The summed E-state index contributed by atoms with van der Waals surface area (Å²) in [7, 11) is 0. The third-order valence-electron chi connectivity index (χ3n) is 11.4. The molecule has 258 valence electrons. The van der Waals surface area contributed by atoms with Gasteiger partial charge >= 0.3 is 0 Å². The lowest BCUT2D eigenvalue weighted by Crippen LogP contribution is -2.16. The molecular weight excluding hydrogens is 655 g/mol. The molecule has 9 aromatic rings. The molecule has 0 spiro atoms. The van der Waals surface area contributed by atoms with Crippen LogP contribution in [0.5, 0.6) is 0 Å². The summed E-state index contributed by atoms with van der Waals surface area (Å²) < 4.78 is 6.23. The van der Waals surface area contributed by atoms with Crippen LogP contribution in [0.25, 0.3) is 66.4 Å². The van der Waals surface area contributed by atoms with E-state index in [-0.39, 0.29) is 5.41 Å². The summed E-state index contributed by atoms with van der Waals surface area (Å²) in [4.78, 5) is 2.38. The van der Waals surface area contributed by atoms with Crippen LogP contribution in [-0.2, 0) is 5.41 Å². The van der Waals surface area contributed by atoms with Gasteiger partial charge in [-0.05, 0) is 117 Å². The zero-order chi connectivity index (χ0) is 36.4. The van der Waals surface area contributed by atoms with Crippen LogP contribution in [0.2, 0.25) is 0 Å². The molecule has 2 heteroatoms. The Morgan fingerprint density at radius 2 is 0.870 bits per heavy atom. The highest BCUT2D eigenvalue weighted by Gasteiger charge is 2.35. The quantitative estimate of drug-likeness (QED) is 0.172. The van der Waals surface area contributed by atoms with Crippen molar-refractivity contribution in [3.63, 3.8) is 0 Å². The van der Waals surface area contributed by atoms with E-state index in [1.807, 2.05) is 12.1 Å². The summed E-state index contributed by atoms with van der Waals surface area (Å²) >= 11 is 0. The maximum atomic E-state index is 6.23. The molecule has 0 saturated carbocycles. The van der Waals surface area contributed by atoms with Crippen LogP contribution < -0.4 is 4.90 Å². The van der Waals surface area contributed by atoms with E-state index in [0.717, 1.165) is 50.1 Å². The number of nitrogens with zero attached hydrogens (tertiary/aromatic N) is 1. The Morgan fingerprint density at radius 1 is 0.389 bits per heavy atom. The molecule has 0 saturated heterocycles. The van der Waals surface area contributed by atoms with E-state index in [4.69, 9.17) is 4.42 Å². The first-order valence-electron chi connectivity index (χ1n) is 18.7. The Bertz CT molecular complexity index is 2820. The fourth-order valence-electron chi connectivity index (χ4n) is 8.39. The van der Waals surface area contributed by atoms with E-state index in [9.17, 15) is 0 Å². The summed E-state index contributed by atoms with van der Waals surface area (Å²) in [5.41, 5.74) is 18.9. The summed E-state index contributed by atoms with van der Waals surface area (Å²) in [6.07, 6.45) is 0. The van der Waals surface area contributed by atoms with Crippen LogP contribution >= 0.6 is 0 Å². The first-order valence-corrected chi connectivity index (χ1v) is 18.7. The van der Waals surface area contributed by atoms with Gasteiger partial charge in [-0.2, -0.15) is 0 Å². The predicted octanol–water partition coefficient (Wildman–Crippen LogP) is 14.7. The molecule has 10 rings (SSSR count). The molecule has 1 aromatic heterocycles. The molecular formula is C52H39NO. The average molecular weight is 694 g/mol. The molecule has 0 atom stereocenters. The van der Waals surface area contributed by atoms with Crippen molar-refractivity contribution in [3.05, 3.63) is 199 Å². The molecule has 0 fully saturated rings. The van der Waals surface area contributed by atoms with E-state index < -0.39 is 0 Å². The molecule has 0 aliphatic heterocycles. The van der Waals surface area contributed by atoms with Crippen molar-refractivity contribution in [1.29, 1.82) is 0 Å². The van der Waals surface area contributed by atoms with E-state index in [1.165, 1.54) is 50.1 Å². The molecule has 0 N–H and O–H groups in total. The van der Waals surface area contributed by atoms with Crippen molar-refractivity contribution in [2.24, 2.45) is 0 Å². The number of para-hydroxylation sites is 1. The van der Waals surface area contributed by atoms with Crippen molar-refractivity contribution < 1.29 is 4.42 Å². The molecule has 0 radical (unpaired) electrons. The molecule has 0 bridgehead atoms. The maximum absolute atomic E-state index is 6.23. The lowest BCUT2D eigenvalue weighted by Gasteiger charge is -2.28. The van der Waals surface area contributed by atoms with Gasteiger partial charge in [0.15, 0.2) is 0 Å². The number of furan rings is 1. The highest BCUT2D eigenvalue weighted by atomic mass is 16.3. The Kier molecular flexibility index (Phi) is 7.42. The van der Waals surface area contributed by atoms with Gasteiger partial charge in [-0.1, -0.05) is 147 Å². The second-order valence-electron chi connectivity index (χ2n) is 15.1. The number of benzene rings is 8. The van der Waals surface area contributed by atoms with Crippen molar-refractivity contribution in [1.82, 2.24) is 0 Å². The Labute approximate surface area is 316 Å². The van der Waals surface area contributed by atoms with Crippen LogP contribution in [0, 0.1) is 6.92 Å². The van der Waals surface area contributed by atoms with Crippen LogP contribution in [0.3, 0.4) is 0 Å². The van der Waals surface area contributed by atoms with Crippen molar-refractivity contribution >= 4 is 39.0 Å². The Morgan fingerprint density at radius 3 is 1.54 bits per heavy atom. The number of hydrogen-bond acceptors (Lipinski definition) is 2. The molecule has 1 heterocycles. The van der Waals surface area contributed by atoms with Gasteiger partial charge in [0.2, 0.25) is 0 Å². The summed E-state index contributed by atoms with van der Waals surface area (Å²) in [6.45, 7) is 6.82. The lowest BCUT2D eigenvalue weighted by atomic mass is 9.82. The second-order valence-corrected chi connectivity index (χ2v) is 15.1. The molecule has 0 amide bonds. The highest BCUT2D eigenvalue weighted by molar-refractivity contribution is 6.06. The van der Waals surface area contributed by atoms with Gasteiger partial charge in [-0.15, -0.1) is 0 Å². The van der Waals surface area contributed by atoms with Crippen LogP contribution in [0.4, 0.5) is 17.1 Å². The molecule has 2 nitrogen and oxygen atoms in total. The van der Waals surface area contributed by atoms with Gasteiger partial charge < -0.3 is 9.32 Å². The Balaban J connectivity index is 1.02. The number of anilines is 3. The monoisotopic (exact) mass is 693 g/mol. The Hall–Kier alpha value is -6.64. The summed E-state index contributed by atoms with van der Waals surface area (Å²) in [5.74, 6) is 0. The second kappa shape index (κ2) is 12.5. The van der Waals surface area contributed by atoms with E-state index >= 15 is 0 Å². The normalized spacial score (nSPS) is 12.9. The molecule has 0 unspecified atom stereocenters. The minimum atomic E-state index is -0.0959. The molecule has 1 aliphatic rings. The largest absolute Gasteiger partial charge is 0.456 e. The first kappa shape index (κ1) is 32.0. The molecule has 1 aliphatic carbocycles. The van der Waals surface area contributed by atoms with Crippen LogP contribution in [0.1, 0.15) is 30.5 Å². The minimum absolute atomic E-state index is 0.0959. The topological polar surface area (TPSA) is 16.4 Å². The minimum Gasteiger partial charge on any atom is -0.456 e. The highest BCUT2D eigenvalue weighted by Crippen LogP contribution is 2.50. The van der Waals surface area contributed by atoms with Gasteiger partial charge in [-0.3, -0.25) is 0 Å². The predicted molar refractivity (Wildman–Crippen MR) is 227 cm³/mol. The SMILES string of the molecule is Cc1ccc(-c2ccc(-c3ccc(N(c4ccc(-c5ccc6c(c5)oc5ccccc56)cc4)c4ccc5c(c4)C(C)(C)c4ccccc4-5)cc3)cc2)cc1. The fourth-order valence-corrected chi connectivity index (χ4v) is 8.39. The van der Waals surface area contributed by atoms with Crippen LogP contribution in [-0.4, -0.2) is 0 Å². The zero-order valence-electron chi connectivity index (χ0n) is 30.7. The summed E-state index contributed by atoms with van der Waals surface area (Å²) in [6, 6.07) is 66.1. The van der Waals surface area contributed by atoms with E-state index in [0.29, 0.717) is 0 Å². The van der Waals surface area contributed by atoms with Crippen molar-refractivity contribution in [3.8, 4) is 44.5 Å². The average Bonchev–Trinajstić information content (AvgIpc) is 3.70. The van der Waals surface area contributed by atoms with Crippen LogP contribution in [0.15, 0.2) is 186 Å². The zero-order valence-corrected chi connectivity index (χ0v) is 30.7. The first-order chi connectivity index (χ1) is 26.4.